The van der Waals surface area contributed by atoms with Gasteiger partial charge >= 0.3 is 12.1 Å². The number of benzene rings is 2. The quantitative estimate of drug-likeness (QED) is 0.661. The van der Waals surface area contributed by atoms with Crippen LogP contribution < -0.4 is 5.32 Å². The molecule has 0 saturated carbocycles. The van der Waals surface area contributed by atoms with E-state index in [-0.39, 0.29) is 19.3 Å². The first-order valence-electron chi connectivity index (χ1n) is 8.16. The van der Waals surface area contributed by atoms with E-state index in [1.54, 1.807) is 18.2 Å². The molecule has 0 saturated heterocycles. The van der Waals surface area contributed by atoms with Gasteiger partial charge in [0.1, 0.15) is 0 Å². The van der Waals surface area contributed by atoms with Gasteiger partial charge in [-0.2, -0.15) is 13.2 Å². The first-order chi connectivity index (χ1) is 13.1. The average molecular weight is 434 g/mol. The van der Waals surface area contributed by atoms with Crippen molar-refractivity contribution in [3.8, 4) is 0 Å². The van der Waals surface area contributed by atoms with Crippen LogP contribution in [0, 0.1) is 0 Å². The number of nitrogens with one attached hydrogen (secondary N) is 1. The van der Waals surface area contributed by atoms with E-state index < -0.39 is 29.7 Å². The minimum Gasteiger partial charge on any atom is -0.481 e. The number of carbonyl (C=O) groups excluding carboxylic acids is 1. The second-order valence-corrected chi connectivity index (χ2v) is 6.95. The van der Waals surface area contributed by atoms with E-state index in [0.717, 1.165) is 12.1 Å². The normalized spacial score (nSPS) is 12.5. The van der Waals surface area contributed by atoms with Crippen LogP contribution in [0.1, 0.15) is 23.1 Å². The summed E-state index contributed by atoms with van der Waals surface area (Å²) in [6.45, 7) is 0. The molecule has 1 atom stereocenters. The number of hydrogen-bond acceptors (Lipinski definition) is 2. The molecule has 28 heavy (non-hydrogen) atoms. The van der Waals surface area contributed by atoms with Crippen LogP contribution in [0.3, 0.4) is 0 Å². The number of aliphatic carboxylic acids is 1. The zero-order valence-corrected chi connectivity index (χ0v) is 15.9. The van der Waals surface area contributed by atoms with E-state index in [1.807, 2.05) is 0 Å². The molecule has 0 radical (unpaired) electrons. The van der Waals surface area contributed by atoms with Crippen LogP contribution in [0.15, 0.2) is 42.5 Å². The Bertz CT molecular complexity index is 834. The fourth-order valence-corrected chi connectivity index (χ4v) is 3.17. The van der Waals surface area contributed by atoms with Crippen molar-refractivity contribution in [2.45, 2.75) is 31.5 Å². The van der Waals surface area contributed by atoms with Gasteiger partial charge in [-0.25, -0.2) is 0 Å². The Morgan fingerprint density at radius 1 is 1.04 bits per heavy atom. The third-order valence-electron chi connectivity index (χ3n) is 3.95. The van der Waals surface area contributed by atoms with E-state index in [2.05, 4.69) is 5.32 Å². The van der Waals surface area contributed by atoms with Gasteiger partial charge < -0.3 is 10.4 Å². The second kappa shape index (κ2) is 9.30. The predicted molar refractivity (Wildman–Crippen MR) is 99.5 cm³/mol. The molecule has 0 aliphatic rings. The van der Waals surface area contributed by atoms with Crippen molar-refractivity contribution in [2.75, 3.05) is 0 Å². The van der Waals surface area contributed by atoms with Crippen molar-refractivity contribution in [1.29, 1.82) is 0 Å². The van der Waals surface area contributed by atoms with Gasteiger partial charge in [-0.1, -0.05) is 41.4 Å². The smallest absolute Gasteiger partial charge is 0.416 e. The summed E-state index contributed by atoms with van der Waals surface area (Å²) < 4.78 is 37.9. The molecule has 0 aliphatic carbocycles. The summed E-state index contributed by atoms with van der Waals surface area (Å²) in [7, 11) is 0. The van der Waals surface area contributed by atoms with Gasteiger partial charge in [-0.05, 0) is 41.8 Å². The van der Waals surface area contributed by atoms with Crippen molar-refractivity contribution < 1.29 is 27.9 Å². The van der Waals surface area contributed by atoms with Crippen LogP contribution in [-0.2, 0) is 28.6 Å². The maximum absolute atomic E-state index is 12.6. The predicted octanol–water partition coefficient (Wildman–Crippen LogP) is 4.76. The summed E-state index contributed by atoms with van der Waals surface area (Å²) in [4.78, 5) is 23.4. The summed E-state index contributed by atoms with van der Waals surface area (Å²) >= 11 is 12.1. The molecule has 2 N–H and O–H groups in total. The van der Waals surface area contributed by atoms with Gasteiger partial charge in [0.2, 0.25) is 5.91 Å². The van der Waals surface area contributed by atoms with Crippen LogP contribution in [0.25, 0.3) is 0 Å². The van der Waals surface area contributed by atoms with Crippen molar-refractivity contribution in [3.63, 3.8) is 0 Å². The van der Waals surface area contributed by atoms with Crippen LogP contribution in [0.2, 0.25) is 10.0 Å². The topological polar surface area (TPSA) is 66.4 Å². The molecule has 150 valence electrons. The Labute approximate surface area is 169 Å². The lowest BCUT2D eigenvalue weighted by Gasteiger charge is -2.18. The minimum atomic E-state index is -4.46. The van der Waals surface area contributed by atoms with Crippen LogP contribution in [0.5, 0.6) is 0 Å². The highest BCUT2D eigenvalue weighted by Crippen LogP contribution is 2.29. The molecule has 4 nitrogen and oxygen atoms in total. The Kier molecular flexibility index (Phi) is 7.32. The number of carboxylic acid groups (broad SMARTS) is 1. The molecule has 0 spiro atoms. The number of carboxylic acids is 1. The molecular formula is C19H16Cl2F3NO3. The van der Waals surface area contributed by atoms with Gasteiger partial charge in [-0.15, -0.1) is 0 Å². The Balaban J connectivity index is 2.09. The Morgan fingerprint density at radius 2 is 1.61 bits per heavy atom. The maximum Gasteiger partial charge on any atom is 0.416 e. The standard InChI is InChI=1S/C19H16Cl2F3NO3/c20-15-2-1-3-16(21)14(15)10-17(26)25-13(9-18(27)28)8-11-4-6-12(7-5-11)19(22,23)24/h1-7,13H,8-10H2,(H,25,26)(H,27,28)/t13-/m0/s1. The molecule has 1 amide bonds. The molecule has 0 bridgehead atoms. The summed E-state index contributed by atoms with van der Waals surface area (Å²) in [5.41, 5.74) is 0.0747. The lowest BCUT2D eigenvalue weighted by molar-refractivity contribution is -0.138. The third kappa shape index (κ3) is 6.42. The number of hydrogen-bond donors (Lipinski definition) is 2. The van der Waals surface area contributed by atoms with Gasteiger partial charge in [0, 0.05) is 16.1 Å². The van der Waals surface area contributed by atoms with Crippen molar-refractivity contribution in [3.05, 3.63) is 69.2 Å². The monoisotopic (exact) mass is 433 g/mol. The first-order valence-corrected chi connectivity index (χ1v) is 8.92. The highest BCUT2D eigenvalue weighted by molar-refractivity contribution is 6.36. The lowest BCUT2D eigenvalue weighted by Crippen LogP contribution is -2.39. The largest absolute Gasteiger partial charge is 0.481 e. The number of alkyl halides is 3. The molecule has 0 heterocycles. The molecule has 2 aromatic rings. The fraction of sp³-hybridized carbons (Fsp3) is 0.263. The minimum absolute atomic E-state index is 0.0619. The Morgan fingerprint density at radius 3 is 2.11 bits per heavy atom. The molecule has 0 aliphatic heterocycles. The SMILES string of the molecule is O=C(O)C[C@H](Cc1ccc(C(F)(F)F)cc1)NC(=O)Cc1c(Cl)cccc1Cl. The highest BCUT2D eigenvalue weighted by Gasteiger charge is 2.30. The number of amides is 1. The highest BCUT2D eigenvalue weighted by atomic mass is 35.5. The average Bonchev–Trinajstić information content (AvgIpc) is 2.57. The number of carbonyl (C=O) groups is 2. The van der Waals surface area contributed by atoms with Crippen LogP contribution in [-0.4, -0.2) is 23.0 Å². The summed E-state index contributed by atoms with van der Waals surface area (Å²) in [5, 5.41) is 12.3. The lowest BCUT2D eigenvalue weighted by atomic mass is 10.0. The zero-order valence-electron chi connectivity index (χ0n) is 14.4. The van der Waals surface area contributed by atoms with Crippen molar-refractivity contribution >= 4 is 35.1 Å². The maximum atomic E-state index is 12.6. The van der Waals surface area contributed by atoms with E-state index in [4.69, 9.17) is 28.3 Å². The summed E-state index contributed by atoms with van der Waals surface area (Å²) in [6.07, 6.45) is -4.93. The third-order valence-corrected chi connectivity index (χ3v) is 4.66. The van der Waals surface area contributed by atoms with E-state index in [0.29, 0.717) is 21.2 Å². The summed E-state index contributed by atoms with van der Waals surface area (Å²) in [5.74, 6) is -1.64. The molecule has 2 aromatic carbocycles. The van der Waals surface area contributed by atoms with Crippen molar-refractivity contribution in [2.24, 2.45) is 0 Å². The number of halogens is 5. The van der Waals surface area contributed by atoms with Gasteiger partial charge in [0.05, 0.1) is 18.4 Å². The molecular weight excluding hydrogens is 418 g/mol. The Hall–Kier alpha value is -2.25. The van der Waals surface area contributed by atoms with Gasteiger partial charge in [0.15, 0.2) is 0 Å². The van der Waals surface area contributed by atoms with Gasteiger partial charge in [-0.3, -0.25) is 9.59 Å². The van der Waals surface area contributed by atoms with E-state index in [1.165, 1.54) is 12.1 Å². The zero-order chi connectivity index (χ0) is 20.9. The number of rotatable bonds is 7. The van der Waals surface area contributed by atoms with Gasteiger partial charge in [0.25, 0.3) is 0 Å². The van der Waals surface area contributed by atoms with E-state index in [9.17, 15) is 22.8 Å². The molecule has 0 aromatic heterocycles. The second-order valence-electron chi connectivity index (χ2n) is 6.14. The fourth-order valence-electron chi connectivity index (χ4n) is 2.64. The molecule has 2 rings (SSSR count). The molecule has 0 fully saturated rings. The molecule has 9 heteroatoms. The summed E-state index contributed by atoms with van der Waals surface area (Å²) in [6, 6.07) is 8.33. The van der Waals surface area contributed by atoms with E-state index >= 15 is 0 Å². The first kappa shape index (κ1) is 22.0. The van der Waals surface area contributed by atoms with Crippen molar-refractivity contribution in [1.82, 2.24) is 5.32 Å². The van der Waals surface area contributed by atoms with Crippen LogP contribution in [0.4, 0.5) is 13.2 Å². The molecule has 0 unspecified atom stereocenters. The van der Waals surface area contributed by atoms with Crippen LogP contribution >= 0.6 is 23.2 Å².